The molecule has 0 fully saturated rings. The van der Waals surface area contributed by atoms with Crippen LogP contribution in [0.4, 0.5) is 0 Å². The van der Waals surface area contributed by atoms with Crippen LogP contribution < -0.4 is 14.6 Å². The highest BCUT2D eigenvalue weighted by atomic mass is 35.5. The Balaban J connectivity index is 2.31. The van der Waals surface area contributed by atoms with Gasteiger partial charge in [-0.05, 0) is 24.3 Å². The average molecular weight is 433 g/mol. The molecular formula is C16H14Cl2N2O6S. The Kier molecular flexibility index (Phi) is 6.66. The van der Waals surface area contributed by atoms with Crippen LogP contribution in [0.25, 0.3) is 0 Å². The number of carbonyl (C=O) groups is 1. The van der Waals surface area contributed by atoms with E-state index in [-0.39, 0.29) is 15.6 Å². The highest BCUT2D eigenvalue weighted by Crippen LogP contribution is 2.29. The van der Waals surface area contributed by atoms with Gasteiger partial charge in [-0.25, -0.2) is 18.4 Å². The number of ether oxygens (including phenoxy) is 2. The first kappa shape index (κ1) is 21.0. The van der Waals surface area contributed by atoms with Crippen LogP contribution in [0.3, 0.4) is 0 Å². The summed E-state index contributed by atoms with van der Waals surface area (Å²) in [6.07, 6.45) is 1.21. The predicted molar refractivity (Wildman–Crippen MR) is 100 cm³/mol. The zero-order chi connectivity index (χ0) is 20.2. The zero-order valence-electron chi connectivity index (χ0n) is 14.1. The molecule has 0 aliphatic carbocycles. The molecule has 0 heterocycles. The second-order valence-corrected chi connectivity index (χ2v) is 7.34. The molecule has 8 nitrogen and oxygen atoms in total. The Morgan fingerprint density at radius 2 is 1.70 bits per heavy atom. The summed E-state index contributed by atoms with van der Waals surface area (Å²) in [5.41, 5.74) is 0.164. The number of nitrogens with zero attached hydrogens (tertiary/aromatic N) is 1. The molecule has 2 N–H and O–H groups in total. The van der Waals surface area contributed by atoms with Crippen LogP contribution in [-0.2, 0) is 14.9 Å². The summed E-state index contributed by atoms with van der Waals surface area (Å²) in [4.78, 5) is 16.5. The number of oxime groups is 1. The standard InChI is InChI=1S/C16H14Cl2N2O6S/c1-24-13-4-3-5-14(25-2)10(13)8-20-26-16(21)9-6-15(27(19,22)23)12(18)7-11(9)17/h3-8H,1-2H3,(H2,19,22,23)/b20-8+. The summed E-state index contributed by atoms with van der Waals surface area (Å²) >= 11 is 11.7. The molecule has 27 heavy (non-hydrogen) atoms. The molecule has 0 bridgehead atoms. The Bertz CT molecular complexity index is 986. The minimum atomic E-state index is -4.16. The SMILES string of the molecule is COc1cccc(OC)c1/C=N/OC(=O)c1cc(S(N)(=O)=O)c(Cl)cc1Cl. The van der Waals surface area contributed by atoms with Gasteiger partial charge in [0.25, 0.3) is 0 Å². The van der Waals surface area contributed by atoms with Crippen LogP contribution in [0.2, 0.25) is 10.0 Å². The van der Waals surface area contributed by atoms with Crippen LogP contribution in [-0.4, -0.2) is 34.8 Å². The maximum Gasteiger partial charge on any atom is 0.367 e. The van der Waals surface area contributed by atoms with Gasteiger partial charge in [-0.1, -0.05) is 34.4 Å². The number of hydrogen-bond acceptors (Lipinski definition) is 7. The van der Waals surface area contributed by atoms with E-state index in [4.69, 9.17) is 42.7 Å². The second kappa shape index (κ2) is 8.57. The first-order valence-corrected chi connectivity index (χ1v) is 9.46. The molecule has 0 amide bonds. The monoisotopic (exact) mass is 432 g/mol. The quantitative estimate of drug-likeness (QED) is 0.425. The normalized spacial score (nSPS) is 11.4. The van der Waals surface area contributed by atoms with Gasteiger partial charge < -0.3 is 14.3 Å². The number of halogens is 2. The average Bonchev–Trinajstić information content (AvgIpc) is 2.60. The highest BCUT2D eigenvalue weighted by molar-refractivity contribution is 7.89. The van der Waals surface area contributed by atoms with Gasteiger partial charge in [0.1, 0.15) is 16.4 Å². The number of sulfonamides is 1. The molecule has 0 aromatic heterocycles. The van der Waals surface area contributed by atoms with Crippen molar-refractivity contribution >= 4 is 45.4 Å². The molecule has 2 rings (SSSR count). The molecule has 2 aromatic rings. The molecule has 0 spiro atoms. The Hall–Kier alpha value is -2.33. The van der Waals surface area contributed by atoms with E-state index in [9.17, 15) is 13.2 Å². The van der Waals surface area contributed by atoms with Crippen molar-refractivity contribution in [2.45, 2.75) is 4.90 Å². The molecule has 11 heteroatoms. The molecule has 2 aromatic carbocycles. The number of methoxy groups -OCH3 is 2. The topological polar surface area (TPSA) is 117 Å². The van der Waals surface area contributed by atoms with Gasteiger partial charge in [0.15, 0.2) is 0 Å². The lowest BCUT2D eigenvalue weighted by atomic mass is 10.2. The van der Waals surface area contributed by atoms with Gasteiger partial charge in [-0.2, -0.15) is 0 Å². The van der Waals surface area contributed by atoms with Crippen molar-refractivity contribution in [3.63, 3.8) is 0 Å². The number of nitrogens with two attached hydrogens (primary N) is 1. The van der Waals surface area contributed by atoms with E-state index >= 15 is 0 Å². The summed E-state index contributed by atoms with van der Waals surface area (Å²) in [5.74, 6) is -0.128. The van der Waals surface area contributed by atoms with Crippen molar-refractivity contribution in [1.82, 2.24) is 0 Å². The number of rotatable bonds is 6. The van der Waals surface area contributed by atoms with Crippen molar-refractivity contribution in [2.24, 2.45) is 10.3 Å². The second-order valence-electron chi connectivity index (χ2n) is 5.00. The lowest BCUT2D eigenvalue weighted by molar-refractivity contribution is 0.0519. The van der Waals surface area contributed by atoms with Crippen LogP contribution in [0.1, 0.15) is 15.9 Å². The van der Waals surface area contributed by atoms with Crippen molar-refractivity contribution in [2.75, 3.05) is 14.2 Å². The molecule has 0 aliphatic rings. The van der Waals surface area contributed by atoms with Crippen LogP contribution in [0.5, 0.6) is 11.5 Å². The van der Waals surface area contributed by atoms with Crippen LogP contribution in [0, 0.1) is 0 Å². The lowest BCUT2D eigenvalue weighted by Gasteiger charge is -2.09. The maximum atomic E-state index is 12.2. The smallest absolute Gasteiger partial charge is 0.367 e. The third kappa shape index (κ3) is 4.89. The number of primary sulfonamides is 1. The van der Waals surface area contributed by atoms with Gasteiger partial charge in [0.05, 0.1) is 41.6 Å². The van der Waals surface area contributed by atoms with Crippen LogP contribution in [0.15, 0.2) is 40.4 Å². The van der Waals surface area contributed by atoms with Crippen LogP contribution >= 0.6 is 23.2 Å². The number of carbonyl (C=O) groups excluding carboxylic acids is 1. The highest BCUT2D eigenvalue weighted by Gasteiger charge is 2.21. The minimum Gasteiger partial charge on any atom is -0.496 e. The van der Waals surface area contributed by atoms with E-state index in [2.05, 4.69) is 5.16 Å². The molecule has 0 saturated heterocycles. The molecule has 0 aliphatic heterocycles. The molecule has 144 valence electrons. The van der Waals surface area contributed by atoms with Crippen molar-refractivity contribution in [3.8, 4) is 11.5 Å². The Morgan fingerprint density at radius 1 is 1.11 bits per heavy atom. The Labute approximate surface area is 165 Å². The summed E-state index contributed by atoms with van der Waals surface area (Å²) < 4.78 is 33.4. The maximum absolute atomic E-state index is 12.2. The van der Waals surface area contributed by atoms with E-state index in [1.807, 2.05) is 0 Å². The van der Waals surface area contributed by atoms with E-state index in [0.717, 1.165) is 12.1 Å². The lowest BCUT2D eigenvalue weighted by Crippen LogP contribution is -2.14. The number of hydrogen-bond donors (Lipinski definition) is 1. The fourth-order valence-electron chi connectivity index (χ4n) is 2.09. The molecule has 0 atom stereocenters. The van der Waals surface area contributed by atoms with E-state index in [1.54, 1.807) is 18.2 Å². The fraction of sp³-hybridized carbons (Fsp3) is 0.125. The number of benzene rings is 2. The fourth-order valence-corrected chi connectivity index (χ4v) is 3.48. The van der Waals surface area contributed by atoms with Gasteiger partial charge in [-0.15, -0.1) is 0 Å². The zero-order valence-corrected chi connectivity index (χ0v) is 16.4. The predicted octanol–water partition coefficient (Wildman–Crippen LogP) is 2.85. The molecule has 0 unspecified atom stereocenters. The van der Waals surface area contributed by atoms with Crippen molar-refractivity contribution < 1.29 is 27.5 Å². The van der Waals surface area contributed by atoms with E-state index in [1.165, 1.54) is 20.4 Å². The van der Waals surface area contributed by atoms with Gasteiger partial charge in [0.2, 0.25) is 10.0 Å². The first-order valence-electron chi connectivity index (χ1n) is 7.16. The molecule has 0 radical (unpaired) electrons. The van der Waals surface area contributed by atoms with Gasteiger partial charge >= 0.3 is 5.97 Å². The van der Waals surface area contributed by atoms with Crippen molar-refractivity contribution in [1.29, 1.82) is 0 Å². The van der Waals surface area contributed by atoms with Gasteiger partial charge in [-0.3, -0.25) is 0 Å². The van der Waals surface area contributed by atoms with E-state index in [0.29, 0.717) is 17.1 Å². The third-order valence-corrected chi connectivity index (χ3v) is 5.02. The minimum absolute atomic E-state index is 0.123. The van der Waals surface area contributed by atoms with E-state index < -0.39 is 20.9 Å². The van der Waals surface area contributed by atoms with Gasteiger partial charge in [0, 0.05) is 0 Å². The van der Waals surface area contributed by atoms with Crippen molar-refractivity contribution in [3.05, 3.63) is 51.5 Å². The summed E-state index contributed by atoms with van der Waals surface area (Å²) in [5, 5.41) is 8.29. The summed E-state index contributed by atoms with van der Waals surface area (Å²) in [7, 11) is -1.24. The summed E-state index contributed by atoms with van der Waals surface area (Å²) in [6, 6.07) is 7.04. The summed E-state index contributed by atoms with van der Waals surface area (Å²) in [6.45, 7) is 0. The Morgan fingerprint density at radius 3 is 2.22 bits per heavy atom. The molecular weight excluding hydrogens is 419 g/mol. The first-order chi connectivity index (χ1) is 12.7. The largest absolute Gasteiger partial charge is 0.496 e. The molecule has 0 saturated carbocycles. The third-order valence-electron chi connectivity index (χ3n) is 3.33.